The molecule has 0 aliphatic heterocycles. The van der Waals surface area contributed by atoms with Crippen molar-refractivity contribution in [1.82, 2.24) is 0 Å². The molecular formula is C10H16. The average molecular weight is 136 g/mol. The number of allylic oxidation sites excluding steroid dienone is 5. The van der Waals surface area contributed by atoms with Gasteiger partial charge in [-0.1, -0.05) is 29.9 Å². The van der Waals surface area contributed by atoms with E-state index in [-0.39, 0.29) is 0 Å². The SMILES string of the molecule is C=CC/C=C(\C)C/C=C/C. The molecule has 0 bridgehead atoms. The molecule has 0 radical (unpaired) electrons. The highest BCUT2D eigenvalue weighted by Gasteiger charge is 1.81. The molecule has 0 heteroatoms. The summed E-state index contributed by atoms with van der Waals surface area (Å²) in [6, 6.07) is 0. The van der Waals surface area contributed by atoms with Crippen molar-refractivity contribution in [2.45, 2.75) is 26.7 Å². The minimum absolute atomic E-state index is 0.989. The first-order valence-electron chi connectivity index (χ1n) is 3.69. The van der Waals surface area contributed by atoms with E-state index in [4.69, 9.17) is 0 Å². The molecule has 0 aromatic rings. The molecule has 0 spiro atoms. The van der Waals surface area contributed by atoms with Crippen molar-refractivity contribution in [2.24, 2.45) is 0 Å². The molecule has 0 fully saturated rings. The van der Waals surface area contributed by atoms with Crippen molar-refractivity contribution in [1.29, 1.82) is 0 Å². The fourth-order valence-corrected chi connectivity index (χ4v) is 0.672. The standard InChI is InChI=1S/C10H16/c1-4-6-8-10(3)9-7-5-2/h4-5,7-8H,1,6,9H2,2-3H3/b7-5+,10-8+. The maximum atomic E-state index is 3.65. The summed E-state index contributed by atoms with van der Waals surface area (Å²) < 4.78 is 0. The Morgan fingerprint density at radius 2 is 2.20 bits per heavy atom. The molecule has 10 heavy (non-hydrogen) atoms. The molecule has 0 nitrogen and oxygen atoms in total. The summed E-state index contributed by atoms with van der Waals surface area (Å²) in [5.41, 5.74) is 1.41. The van der Waals surface area contributed by atoms with E-state index in [9.17, 15) is 0 Å². The highest BCUT2D eigenvalue weighted by Crippen LogP contribution is 2.02. The molecule has 0 saturated carbocycles. The van der Waals surface area contributed by atoms with Crippen molar-refractivity contribution in [3.63, 3.8) is 0 Å². The van der Waals surface area contributed by atoms with Crippen molar-refractivity contribution in [3.05, 3.63) is 36.5 Å². The lowest BCUT2D eigenvalue weighted by Gasteiger charge is -1.92. The van der Waals surface area contributed by atoms with Crippen LogP contribution in [0.3, 0.4) is 0 Å². The normalized spacial score (nSPS) is 12.4. The first kappa shape index (κ1) is 9.22. The summed E-state index contributed by atoms with van der Waals surface area (Å²) in [4.78, 5) is 0. The number of hydrogen-bond acceptors (Lipinski definition) is 0. The molecule has 0 aliphatic rings. The van der Waals surface area contributed by atoms with Crippen molar-refractivity contribution in [2.75, 3.05) is 0 Å². The second-order valence-electron chi connectivity index (χ2n) is 2.35. The van der Waals surface area contributed by atoms with Gasteiger partial charge in [0.25, 0.3) is 0 Å². The van der Waals surface area contributed by atoms with Crippen LogP contribution in [0.2, 0.25) is 0 Å². The van der Waals surface area contributed by atoms with Crippen LogP contribution in [-0.2, 0) is 0 Å². The minimum Gasteiger partial charge on any atom is -0.103 e. The van der Waals surface area contributed by atoms with E-state index in [0.29, 0.717) is 0 Å². The van der Waals surface area contributed by atoms with Gasteiger partial charge in [-0.2, -0.15) is 0 Å². The van der Waals surface area contributed by atoms with E-state index in [1.165, 1.54) is 5.57 Å². The molecule has 56 valence electrons. The fourth-order valence-electron chi connectivity index (χ4n) is 0.672. The van der Waals surface area contributed by atoms with Crippen LogP contribution in [0.4, 0.5) is 0 Å². The average Bonchev–Trinajstić information content (AvgIpc) is 1.97. The van der Waals surface area contributed by atoms with Gasteiger partial charge in [0.1, 0.15) is 0 Å². The predicted octanol–water partition coefficient (Wildman–Crippen LogP) is 3.48. The van der Waals surface area contributed by atoms with Gasteiger partial charge in [0, 0.05) is 0 Å². The van der Waals surface area contributed by atoms with Gasteiger partial charge in [-0.05, 0) is 26.7 Å². The third-order valence-electron chi connectivity index (χ3n) is 1.31. The van der Waals surface area contributed by atoms with Gasteiger partial charge in [0.2, 0.25) is 0 Å². The minimum atomic E-state index is 0.989. The Balaban J connectivity index is 3.58. The smallest absolute Gasteiger partial charge is 0.0142 e. The molecule has 0 heterocycles. The lowest BCUT2D eigenvalue weighted by atomic mass is 10.2. The molecule has 0 rings (SSSR count). The Bertz CT molecular complexity index is 138. The largest absolute Gasteiger partial charge is 0.103 e. The number of rotatable bonds is 4. The lowest BCUT2D eigenvalue weighted by molar-refractivity contribution is 1.17. The zero-order valence-electron chi connectivity index (χ0n) is 6.93. The zero-order chi connectivity index (χ0) is 7.82. The summed E-state index contributed by atoms with van der Waals surface area (Å²) in [5, 5.41) is 0. The maximum absolute atomic E-state index is 3.65. The lowest BCUT2D eigenvalue weighted by Crippen LogP contribution is -1.71. The quantitative estimate of drug-likeness (QED) is 0.519. The predicted molar refractivity (Wildman–Crippen MR) is 48.0 cm³/mol. The molecule has 0 aromatic carbocycles. The van der Waals surface area contributed by atoms with E-state index in [1.807, 2.05) is 13.0 Å². The summed E-state index contributed by atoms with van der Waals surface area (Å²) >= 11 is 0. The van der Waals surface area contributed by atoms with Gasteiger partial charge >= 0.3 is 0 Å². The van der Waals surface area contributed by atoms with E-state index < -0.39 is 0 Å². The van der Waals surface area contributed by atoms with E-state index >= 15 is 0 Å². The van der Waals surface area contributed by atoms with E-state index in [0.717, 1.165) is 12.8 Å². The topological polar surface area (TPSA) is 0 Å². The second-order valence-corrected chi connectivity index (χ2v) is 2.35. The molecule has 0 N–H and O–H groups in total. The highest BCUT2D eigenvalue weighted by atomic mass is 13.9. The van der Waals surface area contributed by atoms with Crippen LogP contribution in [0, 0.1) is 0 Å². The molecule has 0 aliphatic carbocycles. The third-order valence-corrected chi connectivity index (χ3v) is 1.31. The number of hydrogen-bond donors (Lipinski definition) is 0. The fraction of sp³-hybridized carbons (Fsp3) is 0.400. The van der Waals surface area contributed by atoms with Gasteiger partial charge in [-0.15, -0.1) is 6.58 Å². The molecule has 0 aromatic heterocycles. The van der Waals surface area contributed by atoms with Crippen LogP contribution in [0.5, 0.6) is 0 Å². The van der Waals surface area contributed by atoms with Crippen LogP contribution in [0.1, 0.15) is 26.7 Å². The van der Waals surface area contributed by atoms with Crippen molar-refractivity contribution >= 4 is 0 Å². The van der Waals surface area contributed by atoms with Crippen LogP contribution in [0.15, 0.2) is 36.5 Å². The first-order valence-corrected chi connectivity index (χ1v) is 3.69. The van der Waals surface area contributed by atoms with Gasteiger partial charge < -0.3 is 0 Å². The van der Waals surface area contributed by atoms with Gasteiger partial charge in [-0.3, -0.25) is 0 Å². The Morgan fingerprint density at radius 3 is 2.70 bits per heavy atom. The van der Waals surface area contributed by atoms with Gasteiger partial charge in [0.05, 0.1) is 0 Å². The van der Waals surface area contributed by atoms with Crippen LogP contribution < -0.4 is 0 Å². The van der Waals surface area contributed by atoms with Crippen LogP contribution in [-0.4, -0.2) is 0 Å². The Hall–Kier alpha value is -0.780. The van der Waals surface area contributed by atoms with Crippen molar-refractivity contribution in [3.8, 4) is 0 Å². The molecule has 0 saturated heterocycles. The summed E-state index contributed by atoms with van der Waals surface area (Å²) in [6.45, 7) is 7.84. The molecule has 0 amide bonds. The monoisotopic (exact) mass is 136 g/mol. The maximum Gasteiger partial charge on any atom is -0.0142 e. The molecule has 0 atom stereocenters. The molecule has 0 unspecified atom stereocenters. The highest BCUT2D eigenvalue weighted by molar-refractivity contribution is 5.05. The van der Waals surface area contributed by atoms with Gasteiger partial charge in [-0.25, -0.2) is 0 Å². The Kier molecular flexibility index (Phi) is 5.85. The molecular weight excluding hydrogens is 120 g/mol. The summed E-state index contributed by atoms with van der Waals surface area (Å²) in [5.74, 6) is 0. The third kappa shape index (κ3) is 5.36. The van der Waals surface area contributed by atoms with Crippen LogP contribution in [0.25, 0.3) is 0 Å². The second kappa shape index (κ2) is 6.34. The summed E-state index contributed by atoms with van der Waals surface area (Å²) in [6.07, 6.45) is 10.4. The Morgan fingerprint density at radius 1 is 1.50 bits per heavy atom. The zero-order valence-corrected chi connectivity index (χ0v) is 6.93. The van der Waals surface area contributed by atoms with Gasteiger partial charge in [0.15, 0.2) is 0 Å². The first-order chi connectivity index (χ1) is 4.81. The van der Waals surface area contributed by atoms with Crippen molar-refractivity contribution < 1.29 is 0 Å². The van der Waals surface area contributed by atoms with Crippen LogP contribution >= 0.6 is 0 Å². The summed E-state index contributed by atoms with van der Waals surface area (Å²) in [7, 11) is 0. The van der Waals surface area contributed by atoms with E-state index in [1.54, 1.807) is 0 Å². The van der Waals surface area contributed by atoms with E-state index in [2.05, 4.69) is 31.7 Å². The Labute approximate surface area is 64.0 Å².